The summed E-state index contributed by atoms with van der Waals surface area (Å²) in [4.78, 5) is 0. The molecule has 1 saturated carbocycles. The van der Waals surface area contributed by atoms with E-state index in [0.29, 0.717) is 0 Å². The Morgan fingerprint density at radius 1 is 1.06 bits per heavy atom. The molecule has 0 amide bonds. The minimum absolute atomic E-state index is 0.905. The van der Waals surface area contributed by atoms with E-state index in [-0.39, 0.29) is 0 Å². The largest absolute Gasteiger partial charge is 0.497 e. The quantitative estimate of drug-likeness (QED) is 0.578. The zero-order chi connectivity index (χ0) is 12.1. The van der Waals surface area contributed by atoms with Crippen LogP contribution in [0.3, 0.4) is 0 Å². The van der Waals surface area contributed by atoms with Gasteiger partial charge in [-0.3, -0.25) is 0 Å². The number of hydrogen-bond donors (Lipinski definition) is 0. The summed E-state index contributed by atoms with van der Waals surface area (Å²) in [5.74, 6) is 2.85. The van der Waals surface area contributed by atoms with Gasteiger partial charge in [-0.1, -0.05) is 34.7 Å². The van der Waals surface area contributed by atoms with Crippen LogP contribution in [-0.2, 0) is 6.42 Å². The maximum absolute atomic E-state index is 5.19. The van der Waals surface area contributed by atoms with Crippen LogP contribution in [0.1, 0.15) is 31.2 Å². The van der Waals surface area contributed by atoms with Crippen molar-refractivity contribution < 1.29 is 4.74 Å². The summed E-state index contributed by atoms with van der Waals surface area (Å²) in [6, 6.07) is 8.57. The van der Waals surface area contributed by atoms with Crippen LogP contribution in [0, 0.1) is 11.8 Å². The predicted octanol–water partition coefficient (Wildman–Crippen LogP) is 4.48. The molecule has 1 aliphatic rings. The minimum atomic E-state index is 0.905. The van der Waals surface area contributed by atoms with Crippen molar-refractivity contribution in [2.45, 2.75) is 32.1 Å². The van der Waals surface area contributed by atoms with Gasteiger partial charge in [0.2, 0.25) is 0 Å². The molecule has 94 valence electrons. The van der Waals surface area contributed by atoms with Crippen molar-refractivity contribution in [3.05, 3.63) is 29.8 Å². The van der Waals surface area contributed by atoms with Crippen molar-refractivity contribution in [3.63, 3.8) is 0 Å². The normalized spacial score (nSPS) is 24.6. The van der Waals surface area contributed by atoms with E-state index in [0.717, 1.165) is 17.6 Å². The second-order valence-electron chi connectivity index (χ2n) is 5.09. The number of halogens is 1. The summed E-state index contributed by atoms with van der Waals surface area (Å²) in [6.07, 6.45) is 6.95. The fraction of sp³-hybridized carbons (Fsp3) is 0.600. The van der Waals surface area contributed by atoms with Crippen LogP contribution in [-0.4, -0.2) is 11.5 Å². The standard InChI is InChI=1S/C15H21IO/c1-17-15-8-6-13(7-9-15)10-12-2-4-14(11-16)5-3-12/h6-9,12,14H,2-5,10-11H2,1H3. The lowest BCUT2D eigenvalue weighted by atomic mass is 9.80. The van der Waals surface area contributed by atoms with Crippen molar-refractivity contribution in [1.82, 2.24) is 0 Å². The zero-order valence-corrected chi connectivity index (χ0v) is 12.7. The van der Waals surface area contributed by atoms with Crippen LogP contribution in [0.15, 0.2) is 24.3 Å². The highest BCUT2D eigenvalue weighted by Crippen LogP contribution is 2.32. The highest BCUT2D eigenvalue weighted by atomic mass is 127. The molecule has 0 bridgehead atoms. The van der Waals surface area contributed by atoms with Crippen molar-refractivity contribution in [2.24, 2.45) is 11.8 Å². The average molecular weight is 344 g/mol. The van der Waals surface area contributed by atoms with Crippen molar-refractivity contribution in [1.29, 1.82) is 0 Å². The fourth-order valence-corrected chi connectivity index (χ4v) is 3.57. The van der Waals surface area contributed by atoms with E-state index < -0.39 is 0 Å². The molecule has 1 aromatic rings. The van der Waals surface area contributed by atoms with E-state index in [1.54, 1.807) is 7.11 Å². The second-order valence-corrected chi connectivity index (χ2v) is 5.97. The van der Waals surface area contributed by atoms with Gasteiger partial charge in [-0.2, -0.15) is 0 Å². The summed E-state index contributed by atoms with van der Waals surface area (Å²) in [5, 5.41) is 0. The van der Waals surface area contributed by atoms with Gasteiger partial charge in [-0.15, -0.1) is 0 Å². The fourth-order valence-electron chi connectivity index (χ4n) is 2.68. The molecule has 1 aliphatic carbocycles. The number of hydrogen-bond acceptors (Lipinski definition) is 1. The molecule has 1 nitrogen and oxygen atoms in total. The van der Waals surface area contributed by atoms with Gasteiger partial charge < -0.3 is 4.74 Å². The Morgan fingerprint density at radius 2 is 1.65 bits per heavy atom. The van der Waals surface area contributed by atoms with Gasteiger partial charge in [0, 0.05) is 4.43 Å². The minimum Gasteiger partial charge on any atom is -0.497 e. The molecule has 0 saturated heterocycles. The first-order chi connectivity index (χ1) is 8.31. The Bertz CT molecular complexity index is 325. The highest BCUT2D eigenvalue weighted by molar-refractivity contribution is 14.1. The molecule has 0 radical (unpaired) electrons. The van der Waals surface area contributed by atoms with E-state index in [1.165, 1.54) is 42.1 Å². The van der Waals surface area contributed by atoms with Gasteiger partial charge in [0.25, 0.3) is 0 Å². The Kier molecular flexibility index (Phi) is 5.14. The molecule has 17 heavy (non-hydrogen) atoms. The predicted molar refractivity (Wildman–Crippen MR) is 81.0 cm³/mol. The van der Waals surface area contributed by atoms with E-state index in [4.69, 9.17) is 4.74 Å². The summed E-state index contributed by atoms with van der Waals surface area (Å²) in [6.45, 7) is 0. The van der Waals surface area contributed by atoms with Gasteiger partial charge in [0.1, 0.15) is 5.75 Å². The summed E-state index contributed by atoms with van der Waals surface area (Å²) < 4.78 is 6.53. The molecule has 0 spiro atoms. The van der Waals surface area contributed by atoms with E-state index in [1.807, 2.05) is 0 Å². The summed E-state index contributed by atoms with van der Waals surface area (Å²) in [7, 11) is 1.72. The number of benzene rings is 1. The molecular weight excluding hydrogens is 323 g/mol. The zero-order valence-electron chi connectivity index (χ0n) is 10.5. The topological polar surface area (TPSA) is 9.23 Å². The smallest absolute Gasteiger partial charge is 0.118 e. The lowest BCUT2D eigenvalue weighted by Gasteiger charge is -2.27. The molecule has 0 atom stereocenters. The van der Waals surface area contributed by atoms with Gasteiger partial charge >= 0.3 is 0 Å². The van der Waals surface area contributed by atoms with E-state index in [2.05, 4.69) is 46.9 Å². The molecule has 2 heteroatoms. The van der Waals surface area contributed by atoms with Crippen molar-refractivity contribution >= 4 is 22.6 Å². The maximum atomic E-state index is 5.19. The Balaban J connectivity index is 1.84. The van der Waals surface area contributed by atoms with Crippen molar-refractivity contribution in [2.75, 3.05) is 11.5 Å². The van der Waals surface area contributed by atoms with E-state index >= 15 is 0 Å². The molecular formula is C15H21IO. The first-order valence-corrected chi connectivity index (χ1v) is 8.03. The van der Waals surface area contributed by atoms with Crippen LogP contribution in [0.4, 0.5) is 0 Å². The monoisotopic (exact) mass is 344 g/mol. The van der Waals surface area contributed by atoms with Crippen LogP contribution in [0.5, 0.6) is 5.75 Å². The Morgan fingerprint density at radius 3 is 2.18 bits per heavy atom. The summed E-state index contributed by atoms with van der Waals surface area (Å²) in [5.41, 5.74) is 1.46. The van der Waals surface area contributed by atoms with Crippen molar-refractivity contribution in [3.8, 4) is 5.75 Å². The van der Waals surface area contributed by atoms with Gasteiger partial charge in [0.15, 0.2) is 0 Å². The van der Waals surface area contributed by atoms with Crippen LogP contribution in [0.2, 0.25) is 0 Å². The average Bonchev–Trinajstić information content (AvgIpc) is 2.40. The lowest BCUT2D eigenvalue weighted by molar-refractivity contribution is 0.294. The van der Waals surface area contributed by atoms with Gasteiger partial charge in [0.05, 0.1) is 7.11 Å². The first kappa shape index (κ1) is 13.2. The Hall–Kier alpha value is -0.250. The van der Waals surface area contributed by atoms with Crippen LogP contribution >= 0.6 is 22.6 Å². The van der Waals surface area contributed by atoms with E-state index in [9.17, 15) is 0 Å². The van der Waals surface area contributed by atoms with Crippen LogP contribution < -0.4 is 4.74 Å². The second kappa shape index (κ2) is 6.62. The number of methoxy groups -OCH3 is 1. The third-order valence-electron chi connectivity index (χ3n) is 3.87. The summed E-state index contributed by atoms with van der Waals surface area (Å²) >= 11 is 2.53. The highest BCUT2D eigenvalue weighted by Gasteiger charge is 2.20. The van der Waals surface area contributed by atoms with Gasteiger partial charge in [-0.25, -0.2) is 0 Å². The maximum Gasteiger partial charge on any atom is 0.118 e. The molecule has 0 N–H and O–H groups in total. The first-order valence-electron chi connectivity index (χ1n) is 6.50. The molecule has 1 fully saturated rings. The number of alkyl halides is 1. The molecule has 0 aromatic heterocycles. The van der Waals surface area contributed by atoms with Crippen LogP contribution in [0.25, 0.3) is 0 Å². The third kappa shape index (κ3) is 3.87. The lowest BCUT2D eigenvalue weighted by Crippen LogP contribution is -2.17. The molecule has 2 rings (SSSR count). The third-order valence-corrected chi connectivity index (χ3v) is 5.11. The molecule has 1 aromatic carbocycles. The molecule has 0 unspecified atom stereocenters. The number of ether oxygens (including phenoxy) is 1. The molecule has 0 aliphatic heterocycles. The van der Waals surface area contributed by atoms with Gasteiger partial charge in [-0.05, 0) is 61.6 Å². The Labute approximate surface area is 118 Å². The number of rotatable bonds is 4. The molecule has 0 heterocycles. The SMILES string of the molecule is COc1ccc(CC2CCC(CI)CC2)cc1.